The Bertz CT molecular complexity index is 714. The number of benzene rings is 1. The molecule has 4 fully saturated rings. The summed E-state index contributed by atoms with van der Waals surface area (Å²) in [5, 5.41) is 3.20. The number of nitrogens with zero attached hydrogens (tertiary/aromatic N) is 1. The van der Waals surface area contributed by atoms with E-state index in [-0.39, 0.29) is 35.7 Å². The van der Waals surface area contributed by atoms with Gasteiger partial charge in [-0.1, -0.05) is 12.1 Å². The van der Waals surface area contributed by atoms with Crippen molar-refractivity contribution in [3.63, 3.8) is 0 Å². The molecule has 1 aromatic carbocycles. The highest BCUT2D eigenvalue weighted by Gasteiger charge is 2.54. The highest BCUT2D eigenvalue weighted by Crippen LogP contribution is 2.60. The van der Waals surface area contributed by atoms with Crippen LogP contribution in [0.3, 0.4) is 0 Å². The molecule has 29 heavy (non-hydrogen) atoms. The number of nitrogens with two attached hydrogens (primary N) is 1. The second kappa shape index (κ2) is 8.65. The molecular formula is C23H34ClN3O2. The number of amides is 2. The summed E-state index contributed by atoms with van der Waals surface area (Å²) < 4.78 is 0. The fraction of sp³-hybridized carbons (Fsp3) is 0.652. The van der Waals surface area contributed by atoms with Crippen LogP contribution in [-0.2, 0) is 11.3 Å². The summed E-state index contributed by atoms with van der Waals surface area (Å²) >= 11 is 0. The van der Waals surface area contributed by atoms with Gasteiger partial charge in [-0.3, -0.25) is 9.59 Å². The van der Waals surface area contributed by atoms with E-state index in [1.54, 1.807) is 11.9 Å². The minimum Gasteiger partial charge on any atom is -0.352 e. The molecule has 4 saturated carbocycles. The molecule has 160 valence electrons. The second-order valence-electron chi connectivity index (χ2n) is 9.58. The van der Waals surface area contributed by atoms with Crippen LogP contribution in [0.4, 0.5) is 0 Å². The van der Waals surface area contributed by atoms with Gasteiger partial charge in [-0.25, -0.2) is 0 Å². The van der Waals surface area contributed by atoms with Crippen LogP contribution >= 0.6 is 12.4 Å². The Balaban J connectivity index is 0.00000240. The zero-order chi connectivity index (χ0) is 19.9. The molecule has 1 atom stereocenters. The quantitative estimate of drug-likeness (QED) is 0.742. The average Bonchev–Trinajstić information content (AvgIpc) is 2.69. The molecule has 0 heterocycles. The van der Waals surface area contributed by atoms with Gasteiger partial charge in [0, 0.05) is 37.2 Å². The summed E-state index contributed by atoms with van der Waals surface area (Å²) in [6.45, 7) is 2.91. The minimum absolute atomic E-state index is 0. The van der Waals surface area contributed by atoms with Crippen LogP contribution < -0.4 is 11.1 Å². The number of carbonyl (C=O) groups is 2. The third-order valence-electron chi connectivity index (χ3n) is 7.50. The molecule has 5 rings (SSSR count). The summed E-state index contributed by atoms with van der Waals surface area (Å²) in [4.78, 5) is 27.2. The van der Waals surface area contributed by atoms with E-state index in [0.717, 1.165) is 42.6 Å². The highest BCUT2D eigenvalue weighted by molar-refractivity contribution is 5.94. The Morgan fingerprint density at radius 3 is 2.10 bits per heavy atom. The van der Waals surface area contributed by atoms with Crippen LogP contribution in [0.2, 0.25) is 0 Å². The molecule has 2 amide bonds. The average molecular weight is 420 g/mol. The van der Waals surface area contributed by atoms with Crippen LogP contribution in [0.1, 0.15) is 61.4 Å². The number of halogens is 1. The van der Waals surface area contributed by atoms with Crippen LogP contribution in [0.5, 0.6) is 0 Å². The Hall–Kier alpha value is -1.59. The van der Waals surface area contributed by atoms with E-state index in [1.807, 2.05) is 31.2 Å². The van der Waals surface area contributed by atoms with Crippen LogP contribution in [0, 0.1) is 23.2 Å². The van der Waals surface area contributed by atoms with Crippen molar-refractivity contribution in [2.45, 2.75) is 58.0 Å². The second-order valence-corrected chi connectivity index (χ2v) is 9.58. The molecule has 0 saturated heterocycles. The standard InChI is InChI=1S/C23H33N3O2.ClH/c1-15(13-24)26(2)21(27)20-5-3-16(4-6-20)14-25-22(28)23-10-17-7-18(11-23)9-19(8-17)12-23;/h3-6,15,17-19H,7-14,24H2,1-2H3,(H,25,28);1H. The Kier molecular flexibility index (Phi) is 6.59. The molecule has 1 unspecified atom stereocenters. The lowest BCUT2D eigenvalue weighted by Gasteiger charge is -2.55. The van der Waals surface area contributed by atoms with Gasteiger partial charge in [0.15, 0.2) is 0 Å². The Labute approximate surface area is 180 Å². The van der Waals surface area contributed by atoms with Gasteiger partial charge in [0.25, 0.3) is 5.91 Å². The van der Waals surface area contributed by atoms with Gasteiger partial charge in [0.05, 0.1) is 0 Å². The van der Waals surface area contributed by atoms with Gasteiger partial charge in [0.2, 0.25) is 5.91 Å². The molecule has 0 aromatic heterocycles. The summed E-state index contributed by atoms with van der Waals surface area (Å²) in [6.07, 6.45) is 7.30. The number of rotatable bonds is 6. The largest absolute Gasteiger partial charge is 0.352 e. The number of carbonyl (C=O) groups excluding carboxylic acids is 2. The molecule has 4 aliphatic carbocycles. The normalized spacial score (nSPS) is 30.4. The molecule has 3 N–H and O–H groups in total. The minimum atomic E-state index is -0.105. The van der Waals surface area contributed by atoms with E-state index in [0.29, 0.717) is 18.7 Å². The van der Waals surface area contributed by atoms with Crippen LogP contribution in [-0.4, -0.2) is 36.3 Å². The summed E-state index contributed by atoms with van der Waals surface area (Å²) in [6, 6.07) is 7.57. The summed E-state index contributed by atoms with van der Waals surface area (Å²) in [5.74, 6) is 2.55. The summed E-state index contributed by atoms with van der Waals surface area (Å²) in [7, 11) is 1.78. The van der Waals surface area contributed by atoms with Crippen molar-refractivity contribution >= 4 is 24.2 Å². The van der Waals surface area contributed by atoms with E-state index in [9.17, 15) is 9.59 Å². The number of likely N-dealkylation sites (N-methyl/N-ethyl adjacent to an activating group) is 1. The fourth-order valence-corrected chi connectivity index (χ4v) is 6.09. The zero-order valence-electron chi connectivity index (χ0n) is 17.5. The van der Waals surface area contributed by atoms with Gasteiger partial charge in [-0.15, -0.1) is 12.4 Å². The first-order chi connectivity index (χ1) is 13.4. The SMILES string of the molecule is CC(CN)N(C)C(=O)c1ccc(CNC(=O)C23CC4CC(CC(C4)C2)C3)cc1.Cl. The lowest BCUT2D eigenvalue weighted by Crippen LogP contribution is -2.53. The van der Waals surface area contributed by atoms with Crippen molar-refractivity contribution in [3.05, 3.63) is 35.4 Å². The molecular weight excluding hydrogens is 386 g/mol. The molecule has 5 nitrogen and oxygen atoms in total. The third kappa shape index (κ3) is 4.31. The van der Waals surface area contributed by atoms with Crippen molar-refractivity contribution in [1.82, 2.24) is 10.2 Å². The zero-order valence-corrected chi connectivity index (χ0v) is 18.3. The maximum absolute atomic E-state index is 13.1. The first-order valence-electron chi connectivity index (χ1n) is 10.7. The van der Waals surface area contributed by atoms with E-state index < -0.39 is 0 Å². The van der Waals surface area contributed by atoms with Crippen molar-refractivity contribution in [3.8, 4) is 0 Å². The fourth-order valence-electron chi connectivity index (χ4n) is 6.09. The maximum Gasteiger partial charge on any atom is 0.253 e. The van der Waals surface area contributed by atoms with Crippen molar-refractivity contribution in [2.75, 3.05) is 13.6 Å². The number of hydrogen-bond donors (Lipinski definition) is 2. The topological polar surface area (TPSA) is 75.4 Å². The lowest BCUT2D eigenvalue weighted by molar-refractivity contribution is -0.146. The van der Waals surface area contributed by atoms with Gasteiger partial charge in [0.1, 0.15) is 0 Å². The smallest absolute Gasteiger partial charge is 0.253 e. The molecule has 0 aliphatic heterocycles. The van der Waals surface area contributed by atoms with Crippen LogP contribution in [0.25, 0.3) is 0 Å². The van der Waals surface area contributed by atoms with Crippen molar-refractivity contribution < 1.29 is 9.59 Å². The first kappa shape index (κ1) is 22.1. The van der Waals surface area contributed by atoms with E-state index >= 15 is 0 Å². The van der Waals surface area contributed by atoms with Crippen molar-refractivity contribution in [2.24, 2.45) is 28.9 Å². The number of nitrogens with one attached hydrogen (secondary N) is 1. The van der Waals surface area contributed by atoms with E-state index in [1.165, 1.54) is 19.3 Å². The molecule has 0 spiro atoms. The van der Waals surface area contributed by atoms with Gasteiger partial charge < -0.3 is 16.0 Å². The predicted octanol–water partition coefficient (Wildman–Crippen LogP) is 3.36. The van der Waals surface area contributed by atoms with Gasteiger partial charge >= 0.3 is 0 Å². The monoisotopic (exact) mass is 419 g/mol. The van der Waals surface area contributed by atoms with E-state index in [4.69, 9.17) is 5.73 Å². The highest BCUT2D eigenvalue weighted by atomic mass is 35.5. The molecule has 4 bridgehead atoms. The molecule has 1 aromatic rings. The molecule has 6 heteroatoms. The first-order valence-corrected chi connectivity index (χ1v) is 10.7. The van der Waals surface area contributed by atoms with Gasteiger partial charge in [-0.05, 0) is 80.9 Å². The Morgan fingerprint density at radius 2 is 1.62 bits per heavy atom. The Morgan fingerprint density at radius 1 is 1.10 bits per heavy atom. The van der Waals surface area contributed by atoms with Gasteiger partial charge in [-0.2, -0.15) is 0 Å². The molecule has 0 radical (unpaired) electrons. The maximum atomic E-state index is 13.1. The van der Waals surface area contributed by atoms with E-state index in [2.05, 4.69) is 5.32 Å². The van der Waals surface area contributed by atoms with Crippen LogP contribution in [0.15, 0.2) is 24.3 Å². The summed E-state index contributed by atoms with van der Waals surface area (Å²) in [5.41, 5.74) is 7.23. The predicted molar refractivity (Wildman–Crippen MR) is 117 cm³/mol. The molecule has 4 aliphatic rings. The van der Waals surface area contributed by atoms with Crippen molar-refractivity contribution in [1.29, 1.82) is 0 Å². The third-order valence-corrected chi connectivity index (χ3v) is 7.50. The number of hydrogen-bond acceptors (Lipinski definition) is 3. The lowest BCUT2D eigenvalue weighted by atomic mass is 9.49.